The van der Waals surface area contributed by atoms with Crippen molar-refractivity contribution in [1.82, 2.24) is 24.6 Å². The largest absolute Gasteiger partial charge is 0.332 e. The third kappa shape index (κ3) is 3.43. The van der Waals surface area contributed by atoms with Crippen molar-refractivity contribution in [2.24, 2.45) is 0 Å². The van der Waals surface area contributed by atoms with Gasteiger partial charge in [-0.25, -0.2) is 0 Å². The molecule has 0 N–H and O–H groups in total. The number of pyridine rings is 1. The average molecular weight is 339 g/mol. The lowest BCUT2D eigenvalue weighted by Crippen LogP contribution is -2.32. The molecule has 0 aromatic carbocycles. The third-order valence-electron chi connectivity index (χ3n) is 5.33. The van der Waals surface area contributed by atoms with E-state index in [0.29, 0.717) is 12.8 Å². The van der Waals surface area contributed by atoms with Crippen molar-refractivity contribution in [2.75, 3.05) is 6.54 Å². The fourth-order valence-corrected chi connectivity index (χ4v) is 4.01. The summed E-state index contributed by atoms with van der Waals surface area (Å²) >= 11 is 0. The Labute approximate surface area is 148 Å². The first-order chi connectivity index (χ1) is 12.3. The first-order valence-corrected chi connectivity index (χ1v) is 9.44. The molecule has 2 aliphatic heterocycles. The molecule has 1 saturated heterocycles. The lowest BCUT2D eigenvalue weighted by atomic mass is 10.1. The molecule has 132 valence electrons. The Morgan fingerprint density at radius 2 is 2.08 bits per heavy atom. The van der Waals surface area contributed by atoms with Crippen LogP contribution in [-0.4, -0.2) is 37.1 Å². The van der Waals surface area contributed by atoms with Gasteiger partial charge in [-0.2, -0.15) is 0 Å². The SMILES string of the molecule is O=C(CCc1ccccn1)N1CCC[C@@H]1c1nnc2n1CCCCC2. The average Bonchev–Trinajstić information content (AvgIpc) is 3.21. The molecule has 0 unspecified atom stereocenters. The molecule has 1 amide bonds. The van der Waals surface area contributed by atoms with Crippen molar-refractivity contribution in [3.8, 4) is 0 Å². The monoisotopic (exact) mass is 339 g/mol. The van der Waals surface area contributed by atoms with E-state index >= 15 is 0 Å². The van der Waals surface area contributed by atoms with Crippen molar-refractivity contribution in [1.29, 1.82) is 0 Å². The van der Waals surface area contributed by atoms with Gasteiger partial charge in [0.1, 0.15) is 5.82 Å². The molecule has 0 bridgehead atoms. The van der Waals surface area contributed by atoms with Crippen LogP contribution in [0.25, 0.3) is 0 Å². The Balaban J connectivity index is 1.47. The van der Waals surface area contributed by atoms with E-state index in [1.807, 2.05) is 23.1 Å². The summed E-state index contributed by atoms with van der Waals surface area (Å²) < 4.78 is 2.28. The Bertz CT molecular complexity index is 727. The predicted octanol–water partition coefficient (Wildman–Crippen LogP) is 2.70. The molecular formula is C19H25N5O. The Hall–Kier alpha value is -2.24. The minimum absolute atomic E-state index is 0.0931. The lowest BCUT2D eigenvalue weighted by molar-refractivity contribution is -0.132. The van der Waals surface area contributed by atoms with Crippen molar-refractivity contribution in [3.05, 3.63) is 41.7 Å². The van der Waals surface area contributed by atoms with Crippen molar-refractivity contribution < 1.29 is 4.79 Å². The molecule has 1 fully saturated rings. The van der Waals surface area contributed by atoms with Crippen LogP contribution in [0.15, 0.2) is 24.4 Å². The highest BCUT2D eigenvalue weighted by Crippen LogP contribution is 2.32. The van der Waals surface area contributed by atoms with Crippen LogP contribution in [0, 0.1) is 0 Å². The quantitative estimate of drug-likeness (QED) is 0.859. The van der Waals surface area contributed by atoms with Gasteiger partial charge >= 0.3 is 0 Å². The number of carbonyl (C=O) groups is 1. The van der Waals surface area contributed by atoms with Gasteiger partial charge in [0, 0.05) is 37.8 Å². The maximum atomic E-state index is 12.8. The second kappa shape index (κ2) is 7.33. The fraction of sp³-hybridized carbons (Fsp3) is 0.579. The summed E-state index contributed by atoms with van der Waals surface area (Å²) in [6, 6.07) is 5.94. The van der Waals surface area contributed by atoms with E-state index in [4.69, 9.17) is 0 Å². The summed E-state index contributed by atoms with van der Waals surface area (Å²) in [7, 11) is 0. The number of aryl methyl sites for hydroxylation is 2. The smallest absolute Gasteiger partial charge is 0.223 e. The molecule has 6 heteroatoms. The molecule has 2 aromatic rings. The number of aromatic nitrogens is 4. The highest BCUT2D eigenvalue weighted by atomic mass is 16.2. The molecule has 6 nitrogen and oxygen atoms in total. The van der Waals surface area contributed by atoms with E-state index in [0.717, 1.165) is 49.7 Å². The third-order valence-corrected chi connectivity index (χ3v) is 5.33. The fourth-order valence-electron chi connectivity index (χ4n) is 4.01. The van der Waals surface area contributed by atoms with Gasteiger partial charge in [0.05, 0.1) is 6.04 Å². The van der Waals surface area contributed by atoms with Gasteiger partial charge in [-0.1, -0.05) is 12.5 Å². The van der Waals surface area contributed by atoms with Gasteiger partial charge in [0.2, 0.25) is 5.91 Å². The van der Waals surface area contributed by atoms with Crippen molar-refractivity contribution in [3.63, 3.8) is 0 Å². The number of carbonyl (C=O) groups excluding carboxylic acids is 1. The number of fused-ring (bicyclic) bond motifs is 1. The summed E-state index contributed by atoms with van der Waals surface area (Å²) in [5.41, 5.74) is 0.975. The van der Waals surface area contributed by atoms with Crippen LogP contribution in [0.5, 0.6) is 0 Å². The zero-order valence-corrected chi connectivity index (χ0v) is 14.6. The first kappa shape index (κ1) is 16.2. The number of amides is 1. The van der Waals surface area contributed by atoms with Crippen LogP contribution in [0.3, 0.4) is 0 Å². The van der Waals surface area contributed by atoms with Crippen molar-refractivity contribution >= 4 is 5.91 Å². The van der Waals surface area contributed by atoms with Gasteiger partial charge < -0.3 is 9.47 Å². The van der Waals surface area contributed by atoms with E-state index in [9.17, 15) is 4.79 Å². The molecular weight excluding hydrogens is 314 g/mol. The van der Waals surface area contributed by atoms with E-state index in [1.54, 1.807) is 6.20 Å². The Morgan fingerprint density at radius 1 is 1.12 bits per heavy atom. The number of likely N-dealkylation sites (tertiary alicyclic amines) is 1. The molecule has 0 radical (unpaired) electrons. The van der Waals surface area contributed by atoms with Crippen LogP contribution in [0.1, 0.15) is 61.9 Å². The topological polar surface area (TPSA) is 63.9 Å². The lowest BCUT2D eigenvalue weighted by Gasteiger charge is -2.24. The van der Waals surface area contributed by atoms with Crippen molar-refractivity contribution in [2.45, 2.75) is 64.0 Å². The highest BCUT2D eigenvalue weighted by Gasteiger charge is 2.34. The molecule has 4 rings (SSSR count). The maximum Gasteiger partial charge on any atom is 0.223 e. The van der Waals surface area contributed by atoms with Crippen LogP contribution >= 0.6 is 0 Å². The van der Waals surface area contributed by atoms with Gasteiger partial charge in [0.15, 0.2) is 5.82 Å². The van der Waals surface area contributed by atoms with Crippen LogP contribution in [0.4, 0.5) is 0 Å². The zero-order chi connectivity index (χ0) is 17.1. The van der Waals surface area contributed by atoms with Gasteiger partial charge in [-0.15, -0.1) is 10.2 Å². The van der Waals surface area contributed by atoms with Gasteiger partial charge in [-0.3, -0.25) is 9.78 Å². The minimum Gasteiger partial charge on any atom is -0.332 e. The molecule has 0 saturated carbocycles. The number of hydrogen-bond acceptors (Lipinski definition) is 4. The molecule has 25 heavy (non-hydrogen) atoms. The molecule has 1 atom stereocenters. The van der Waals surface area contributed by atoms with Crippen LogP contribution in [-0.2, 0) is 24.2 Å². The molecule has 0 aliphatic carbocycles. The number of hydrogen-bond donors (Lipinski definition) is 0. The van der Waals surface area contributed by atoms with Gasteiger partial charge in [0.25, 0.3) is 0 Å². The summed E-state index contributed by atoms with van der Waals surface area (Å²) in [4.78, 5) is 19.1. The summed E-state index contributed by atoms with van der Waals surface area (Å²) in [6.07, 6.45) is 9.65. The minimum atomic E-state index is 0.0931. The number of nitrogens with zero attached hydrogens (tertiary/aromatic N) is 5. The highest BCUT2D eigenvalue weighted by molar-refractivity contribution is 5.77. The molecule has 0 spiro atoms. The molecule has 4 heterocycles. The van der Waals surface area contributed by atoms with Crippen LogP contribution in [0.2, 0.25) is 0 Å². The molecule has 2 aliphatic rings. The predicted molar refractivity (Wildman–Crippen MR) is 93.8 cm³/mol. The Morgan fingerprint density at radius 3 is 2.96 bits per heavy atom. The van der Waals surface area contributed by atoms with E-state index in [2.05, 4.69) is 19.7 Å². The first-order valence-electron chi connectivity index (χ1n) is 9.44. The summed E-state index contributed by atoms with van der Waals surface area (Å²) in [5.74, 6) is 2.31. The number of rotatable bonds is 4. The summed E-state index contributed by atoms with van der Waals surface area (Å²) in [6.45, 7) is 1.82. The van der Waals surface area contributed by atoms with E-state index in [1.165, 1.54) is 19.3 Å². The van der Waals surface area contributed by atoms with Gasteiger partial charge in [-0.05, 0) is 44.2 Å². The molecule has 2 aromatic heterocycles. The summed E-state index contributed by atoms with van der Waals surface area (Å²) in [5, 5.41) is 8.89. The van der Waals surface area contributed by atoms with E-state index in [-0.39, 0.29) is 11.9 Å². The van der Waals surface area contributed by atoms with Crippen LogP contribution < -0.4 is 0 Å². The normalized spacial score (nSPS) is 20.3. The standard InChI is InChI=1S/C19H25N5O/c25-18(11-10-15-7-3-4-12-20-15)23-14-6-8-16(23)19-22-21-17-9-2-1-5-13-24(17)19/h3-4,7,12,16H,1-2,5-6,8-11,13-14H2/t16-/m1/s1. The second-order valence-electron chi connectivity index (χ2n) is 7.00. The Kier molecular flexibility index (Phi) is 4.76. The van der Waals surface area contributed by atoms with E-state index < -0.39 is 0 Å². The zero-order valence-electron chi connectivity index (χ0n) is 14.6. The second-order valence-corrected chi connectivity index (χ2v) is 7.00. The maximum absolute atomic E-state index is 12.8.